The van der Waals surface area contributed by atoms with Crippen molar-refractivity contribution in [2.45, 2.75) is 32.7 Å². The van der Waals surface area contributed by atoms with Crippen molar-refractivity contribution in [2.75, 3.05) is 24.7 Å². The van der Waals surface area contributed by atoms with Crippen molar-refractivity contribution in [1.29, 1.82) is 0 Å². The minimum absolute atomic E-state index is 0.0441. The molecule has 4 rings (SSSR count). The van der Waals surface area contributed by atoms with Crippen LogP contribution in [0.1, 0.15) is 47.6 Å². The topological polar surface area (TPSA) is 129 Å². The molecule has 0 bridgehead atoms. The number of nitrogens with zero attached hydrogens (tertiary/aromatic N) is 4. The standard InChI is InChI=1S/C22H26N6O4/c1-11-10-28(5)26-13(11)20(22(2)7-8-22)25-15-14(18(30)19(15)31)24-12-6-9-23-16(17(12)29)21(32)27(3)4/h6,9-10,20,25,29H,7-8H2,1-5H3,(H,23,24). The van der Waals surface area contributed by atoms with Crippen LogP contribution >= 0.6 is 0 Å². The maximum Gasteiger partial charge on any atom is 0.275 e. The number of nitrogens with one attached hydrogen (secondary N) is 2. The van der Waals surface area contributed by atoms with Crippen molar-refractivity contribution in [3.8, 4) is 5.75 Å². The van der Waals surface area contributed by atoms with E-state index < -0.39 is 22.5 Å². The molecule has 1 aromatic carbocycles. The van der Waals surface area contributed by atoms with Gasteiger partial charge in [-0.2, -0.15) is 5.10 Å². The molecule has 1 fully saturated rings. The number of carbonyl (C=O) groups is 1. The minimum Gasteiger partial charge on any atom is -0.504 e. The fraction of sp³-hybridized carbons (Fsp3) is 0.409. The highest BCUT2D eigenvalue weighted by Gasteiger charge is 2.48. The van der Waals surface area contributed by atoms with Crippen LogP contribution in [0.4, 0.5) is 17.1 Å². The van der Waals surface area contributed by atoms with Gasteiger partial charge in [-0.25, -0.2) is 4.98 Å². The summed E-state index contributed by atoms with van der Waals surface area (Å²) in [5.41, 5.74) is 0.569. The first kappa shape index (κ1) is 21.5. The van der Waals surface area contributed by atoms with Gasteiger partial charge in [-0.3, -0.25) is 19.1 Å². The molecule has 3 N–H and O–H groups in total. The SMILES string of the molecule is Cc1cn(C)nc1C(Nc1c(Nc2ccnc(C(=O)N(C)C)c2O)c(=O)c1=O)C1(C)CC1. The van der Waals surface area contributed by atoms with Crippen LogP contribution in [-0.4, -0.2) is 44.8 Å². The molecule has 32 heavy (non-hydrogen) atoms. The lowest BCUT2D eigenvalue weighted by Gasteiger charge is -2.27. The number of hydrogen-bond donors (Lipinski definition) is 3. The van der Waals surface area contributed by atoms with E-state index >= 15 is 0 Å². The fourth-order valence-electron chi connectivity index (χ4n) is 3.82. The molecule has 168 valence electrons. The van der Waals surface area contributed by atoms with Gasteiger partial charge in [-0.05, 0) is 36.8 Å². The summed E-state index contributed by atoms with van der Waals surface area (Å²) in [7, 11) is 4.92. The smallest absolute Gasteiger partial charge is 0.275 e. The van der Waals surface area contributed by atoms with Crippen LogP contribution in [0.3, 0.4) is 0 Å². The van der Waals surface area contributed by atoms with Gasteiger partial charge in [0.2, 0.25) is 0 Å². The summed E-state index contributed by atoms with van der Waals surface area (Å²) < 4.78 is 1.73. The monoisotopic (exact) mass is 438 g/mol. The Labute approximate surface area is 184 Å². The summed E-state index contributed by atoms with van der Waals surface area (Å²) in [5, 5.41) is 21.2. The first-order valence-corrected chi connectivity index (χ1v) is 10.3. The molecule has 2 aromatic heterocycles. The molecule has 1 atom stereocenters. The summed E-state index contributed by atoms with van der Waals surface area (Å²) >= 11 is 0. The number of aryl methyl sites for hydroxylation is 2. The van der Waals surface area contributed by atoms with Crippen molar-refractivity contribution in [3.63, 3.8) is 0 Å². The van der Waals surface area contributed by atoms with E-state index in [1.807, 2.05) is 20.2 Å². The van der Waals surface area contributed by atoms with Crippen molar-refractivity contribution in [3.05, 3.63) is 55.9 Å². The zero-order chi connectivity index (χ0) is 23.4. The van der Waals surface area contributed by atoms with E-state index in [1.165, 1.54) is 17.2 Å². The number of anilines is 3. The molecule has 1 aliphatic rings. The number of rotatable bonds is 7. The summed E-state index contributed by atoms with van der Waals surface area (Å²) in [6.45, 7) is 4.08. The zero-order valence-corrected chi connectivity index (χ0v) is 18.7. The molecule has 10 nitrogen and oxygen atoms in total. The Hall–Kier alpha value is -3.69. The average molecular weight is 438 g/mol. The van der Waals surface area contributed by atoms with Gasteiger partial charge in [-0.15, -0.1) is 0 Å². The Morgan fingerprint density at radius 1 is 1.25 bits per heavy atom. The maximum absolute atomic E-state index is 12.4. The normalized spacial score (nSPS) is 15.4. The van der Waals surface area contributed by atoms with Gasteiger partial charge in [-0.1, -0.05) is 6.92 Å². The lowest BCUT2D eigenvalue weighted by Crippen LogP contribution is -2.38. The number of carbonyl (C=O) groups excluding carboxylic acids is 1. The van der Waals surface area contributed by atoms with Crippen LogP contribution in [0, 0.1) is 12.3 Å². The highest BCUT2D eigenvalue weighted by Crippen LogP contribution is 2.55. The molecule has 1 unspecified atom stereocenters. The van der Waals surface area contributed by atoms with E-state index in [0.29, 0.717) is 0 Å². The van der Waals surface area contributed by atoms with Crippen LogP contribution in [0.2, 0.25) is 0 Å². The van der Waals surface area contributed by atoms with E-state index in [-0.39, 0.29) is 34.2 Å². The van der Waals surface area contributed by atoms with Gasteiger partial charge in [0, 0.05) is 33.5 Å². The number of hydrogen-bond acceptors (Lipinski definition) is 8. The van der Waals surface area contributed by atoms with E-state index in [2.05, 4.69) is 27.6 Å². The number of amides is 1. The van der Waals surface area contributed by atoms with E-state index in [0.717, 1.165) is 24.1 Å². The predicted octanol–water partition coefficient (Wildman–Crippen LogP) is 1.82. The lowest BCUT2D eigenvalue weighted by atomic mass is 9.93. The molecule has 1 aliphatic carbocycles. The molecule has 3 aromatic rings. The molecule has 0 spiro atoms. The van der Waals surface area contributed by atoms with Crippen LogP contribution in [0.15, 0.2) is 28.0 Å². The molecule has 2 heterocycles. The summed E-state index contributed by atoms with van der Waals surface area (Å²) in [5.74, 6) is -0.877. The Kier molecular flexibility index (Phi) is 5.03. The van der Waals surface area contributed by atoms with Crippen molar-refractivity contribution < 1.29 is 9.90 Å². The summed E-state index contributed by atoms with van der Waals surface area (Å²) in [6.07, 6.45) is 5.21. The van der Waals surface area contributed by atoms with Crippen LogP contribution in [-0.2, 0) is 7.05 Å². The van der Waals surface area contributed by atoms with E-state index in [1.54, 1.807) is 18.8 Å². The van der Waals surface area contributed by atoms with E-state index in [4.69, 9.17) is 0 Å². The summed E-state index contributed by atoms with van der Waals surface area (Å²) in [6, 6.07) is 1.19. The Morgan fingerprint density at radius 3 is 2.47 bits per heavy atom. The third-order valence-corrected chi connectivity index (χ3v) is 6.05. The van der Waals surface area contributed by atoms with Gasteiger partial charge < -0.3 is 20.6 Å². The minimum atomic E-state index is -0.693. The Bertz CT molecular complexity index is 1280. The van der Waals surface area contributed by atoms with Gasteiger partial charge >= 0.3 is 0 Å². The fourth-order valence-corrected chi connectivity index (χ4v) is 3.82. The molecule has 0 saturated heterocycles. The third kappa shape index (κ3) is 3.51. The Balaban J connectivity index is 1.68. The van der Waals surface area contributed by atoms with Crippen LogP contribution in [0.25, 0.3) is 0 Å². The molecule has 0 aliphatic heterocycles. The van der Waals surface area contributed by atoms with Crippen LogP contribution in [0.5, 0.6) is 5.75 Å². The molecule has 1 amide bonds. The summed E-state index contributed by atoms with van der Waals surface area (Å²) in [4.78, 5) is 42.3. The maximum atomic E-state index is 12.4. The number of aromatic nitrogens is 3. The van der Waals surface area contributed by atoms with Gasteiger partial charge in [0.1, 0.15) is 11.4 Å². The lowest BCUT2D eigenvalue weighted by molar-refractivity contribution is 0.0819. The molecule has 10 heteroatoms. The Morgan fingerprint density at radius 2 is 1.91 bits per heavy atom. The second-order valence-corrected chi connectivity index (χ2v) is 8.89. The molecular formula is C22H26N6O4. The highest BCUT2D eigenvalue weighted by molar-refractivity contribution is 5.97. The van der Waals surface area contributed by atoms with Crippen molar-refractivity contribution in [2.24, 2.45) is 12.5 Å². The van der Waals surface area contributed by atoms with Gasteiger partial charge in [0.25, 0.3) is 16.8 Å². The molecule has 0 radical (unpaired) electrons. The first-order valence-electron chi connectivity index (χ1n) is 10.3. The molecular weight excluding hydrogens is 412 g/mol. The first-order chi connectivity index (χ1) is 15.0. The number of aromatic hydroxyl groups is 1. The zero-order valence-electron chi connectivity index (χ0n) is 18.7. The number of pyridine rings is 1. The largest absolute Gasteiger partial charge is 0.504 e. The van der Waals surface area contributed by atoms with Crippen molar-refractivity contribution in [1.82, 2.24) is 19.7 Å². The third-order valence-electron chi connectivity index (χ3n) is 6.05. The van der Waals surface area contributed by atoms with Gasteiger partial charge in [0.15, 0.2) is 11.4 Å². The van der Waals surface area contributed by atoms with Gasteiger partial charge in [0.05, 0.1) is 17.4 Å². The van der Waals surface area contributed by atoms with Crippen molar-refractivity contribution >= 4 is 23.0 Å². The molecule has 1 saturated carbocycles. The van der Waals surface area contributed by atoms with E-state index in [9.17, 15) is 19.5 Å². The second-order valence-electron chi connectivity index (χ2n) is 8.89. The quantitative estimate of drug-likeness (QED) is 0.477. The average Bonchev–Trinajstić information content (AvgIpc) is 3.40. The second kappa shape index (κ2) is 7.47. The van der Waals surface area contributed by atoms with Crippen LogP contribution < -0.4 is 21.5 Å². The highest BCUT2D eigenvalue weighted by atomic mass is 16.3. The predicted molar refractivity (Wildman–Crippen MR) is 120 cm³/mol.